The number of nitrogens with zero attached hydrogens (tertiary/aromatic N) is 4. The lowest BCUT2D eigenvalue weighted by Gasteiger charge is -2.08. The van der Waals surface area contributed by atoms with Gasteiger partial charge in [0.2, 0.25) is 0 Å². The van der Waals surface area contributed by atoms with E-state index in [1.165, 1.54) is 53.6 Å². The van der Waals surface area contributed by atoms with Crippen LogP contribution in [0.1, 0.15) is 10.5 Å². The average molecular weight is 423 g/mol. The van der Waals surface area contributed by atoms with E-state index in [9.17, 15) is 23.3 Å². The van der Waals surface area contributed by atoms with Crippen molar-refractivity contribution in [2.45, 2.75) is 4.90 Å². The monoisotopic (exact) mass is 423 g/mol. The van der Waals surface area contributed by atoms with Crippen molar-refractivity contribution in [3.63, 3.8) is 0 Å². The van der Waals surface area contributed by atoms with Crippen LogP contribution in [0.25, 0.3) is 16.5 Å². The van der Waals surface area contributed by atoms with E-state index in [1.54, 1.807) is 24.3 Å². The van der Waals surface area contributed by atoms with Gasteiger partial charge in [-0.1, -0.05) is 18.2 Å². The smallest absolute Gasteiger partial charge is 0.266 e. The minimum Gasteiger partial charge on any atom is -0.266 e. The van der Waals surface area contributed by atoms with Gasteiger partial charge in [-0.05, 0) is 24.3 Å². The Bertz CT molecular complexity index is 1390. The molecule has 0 aliphatic carbocycles. The maximum Gasteiger partial charge on any atom is 0.285 e. The average Bonchev–Trinajstić information content (AvgIpc) is 3.24. The van der Waals surface area contributed by atoms with E-state index in [4.69, 9.17) is 0 Å². The summed E-state index contributed by atoms with van der Waals surface area (Å²) in [5, 5.41) is 16.0. The van der Waals surface area contributed by atoms with Gasteiger partial charge in [0.1, 0.15) is 0 Å². The van der Waals surface area contributed by atoms with E-state index >= 15 is 0 Å². The lowest BCUT2D eigenvalue weighted by molar-refractivity contribution is -0.384. The first-order valence-corrected chi connectivity index (χ1v) is 10.0. The normalized spacial score (nSPS) is 11.3. The maximum absolute atomic E-state index is 12.8. The van der Waals surface area contributed by atoms with E-state index in [0.717, 1.165) is 0 Å². The molecule has 10 nitrogen and oxygen atoms in total. The first-order chi connectivity index (χ1) is 14.3. The molecule has 11 heteroatoms. The number of carbonyl (C=O) groups excluding carboxylic acids is 1. The summed E-state index contributed by atoms with van der Waals surface area (Å²) in [6, 6.07) is 13.2. The Hall–Kier alpha value is -4.12. The molecule has 0 saturated carbocycles. The molecular weight excluding hydrogens is 410 g/mol. The number of hydrogen-bond donors (Lipinski definition) is 1. The van der Waals surface area contributed by atoms with Gasteiger partial charge in [0, 0.05) is 41.5 Å². The molecule has 1 N–H and O–H groups in total. The van der Waals surface area contributed by atoms with E-state index in [-0.39, 0.29) is 16.3 Å². The molecule has 2 aromatic heterocycles. The summed E-state index contributed by atoms with van der Waals surface area (Å²) < 4.78 is 28.8. The summed E-state index contributed by atoms with van der Waals surface area (Å²) >= 11 is 0. The highest BCUT2D eigenvalue weighted by Crippen LogP contribution is 2.22. The number of nitrogens with one attached hydrogen (secondary N) is 1. The molecule has 150 valence electrons. The second kappa shape index (κ2) is 7.37. The summed E-state index contributed by atoms with van der Waals surface area (Å²) in [6.07, 6.45) is 4.39. The maximum atomic E-state index is 12.8. The molecule has 2 aromatic carbocycles. The Kier molecular flexibility index (Phi) is 4.72. The molecule has 1 amide bonds. The fourth-order valence-electron chi connectivity index (χ4n) is 2.89. The minimum atomic E-state index is -4.17. The number of nitro groups is 1. The second-order valence-electron chi connectivity index (χ2n) is 6.21. The molecule has 0 fully saturated rings. The number of carbonyl (C=O) groups is 1. The zero-order chi connectivity index (χ0) is 21.3. The zero-order valence-corrected chi connectivity index (χ0v) is 16.0. The Morgan fingerprint density at radius 1 is 1.10 bits per heavy atom. The number of aromatic nitrogens is 3. The van der Waals surface area contributed by atoms with Crippen molar-refractivity contribution in [3.8, 4) is 5.69 Å². The summed E-state index contributed by atoms with van der Waals surface area (Å²) in [7, 11) is -4.17. The van der Waals surface area contributed by atoms with E-state index in [2.05, 4.69) is 10.1 Å². The van der Waals surface area contributed by atoms with E-state index in [1.807, 2.05) is 4.72 Å². The van der Waals surface area contributed by atoms with Gasteiger partial charge in [-0.15, -0.1) is 0 Å². The molecule has 4 rings (SSSR count). The van der Waals surface area contributed by atoms with Gasteiger partial charge >= 0.3 is 0 Å². The highest BCUT2D eigenvalue weighted by molar-refractivity contribution is 7.90. The van der Waals surface area contributed by atoms with Crippen LogP contribution in [0.4, 0.5) is 5.69 Å². The number of fused-ring (bicyclic) bond motifs is 1. The minimum absolute atomic E-state index is 0.0612. The Labute approximate surface area is 170 Å². The number of sulfonamides is 1. The number of amides is 1. The molecule has 0 saturated heterocycles. The second-order valence-corrected chi connectivity index (χ2v) is 7.86. The lowest BCUT2D eigenvalue weighted by atomic mass is 10.2. The number of rotatable bonds is 5. The zero-order valence-electron chi connectivity index (χ0n) is 15.2. The first-order valence-electron chi connectivity index (χ1n) is 8.55. The quantitative estimate of drug-likeness (QED) is 0.384. The Morgan fingerprint density at radius 3 is 2.70 bits per heavy atom. The molecule has 2 heterocycles. The molecule has 0 bridgehead atoms. The molecule has 4 aromatic rings. The third-order valence-electron chi connectivity index (χ3n) is 4.28. The topological polar surface area (TPSA) is 137 Å². The molecule has 0 aliphatic rings. The number of non-ortho nitro benzene ring substituents is 1. The molecule has 0 unspecified atom stereocenters. The number of nitro benzene ring substituents is 1. The van der Waals surface area contributed by atoms with Gasteiger partial charge in [-0.25, -0.2) is 17.8 Å². The van der Waals surface area contributed by atoms with Crippen LogP contribution in [0.2, 0.25) is 0 Å². The lowest BCUT2D eigenvalue weighted by Crippen LogP contribution is -2.31. The highest BCUT2D eigenvalue weighted by atomic mass is 32.2. The third kappa shape index (κ3) is 3.61. The summed E-state index contributed by atoms with van der Waals surface area (Å²) in [5.74, 6) is -0.926. The SMILES string of the molecule is O=C(NS(=O)(=O)c1cccc2cnccc12)c1ccn(-c2cccc([N+](=O)[O-])c2)n1. The Morgan fingerprint density at radius 2 is 1.90 bits per heavy atom. The van der Waals surface area contributed by atoms with Crippen LogP contribution in [0.5, 0.6) is 0 Å². The van der Waals surface area contributed by atoms with Crippen molar-refractivity contribution < 1.29 is 18.1 Å². The number of benzene rings is 2. The van der Waals surface area contributed by atoms with Crippen LogP contribution in [-0.2, 0) is 10.0 Å². The summed E-state index contributed by atoms with van der Waals surface area (Å²) in [6.45, 7) is 0. The summed E-state index contributed by atoms with van der Waals surface area (Å²) in [5.41, 5.74) is 0.0571. The van der Waals surface area contributed by atoms with Crippen molar-refractivity contribution in [2.24, 2.45) is 0 Å². The first kappa shape index (κ1) is 19.2. The van der Waals surface area contributed by atoms with Crippen molar-refractivity contribution in [2.75, 3.05) is 0 Å². The number of hydrogen-bond acceptors (Lipinski definition) is 7. The van der Waals surface area contributed by atoms with Crippen LogP contribution in [0.3, 0.4) is 0 Å². The van der Waals surface area contributed by atoms with Gasteiger partial charge < -0.3 is 0 Å². The number of pyridine rings is 1. The molecule has 0 radical (unpaired) electrons. The van der Waals surface area contributed by atoms with Crippen LogP contribution >= 0.6 is 0 Å². The van der Waals surface area contributed by atoms with Crippen LogP contribution < -0.4 is 4.72 Å². The molecular formula is C19H13N5O5S. The predicted molar refractivity (Wildman–Crippen MR) is 107 cm³/mol. The van der Waals surface area contributed by atoms with Gasteiger partial charge in [-0.2, -0.15) is 5.10 Å². The van der Waals surface area contributed by atoms with E-state index < -0.39 is 20.9 Å². The standard InChI is InChI=1S/C19H13N5O5S/c25-19(17-8-10-23(21-17)14-4-2-5-15(11-14)24(26)27)22-30(28,29)18-6-1-3-13-12-20-9-7-16(13)18/h1-12H,(H,22,25). The van der Waals surface area contributed by atoms with Crippen molar-refractivity contribution in [1.82, 2.24) is 19.5 Å². The van der Waals surface area contributed by atoms with Crippen molar-refractivity contribution in [1.29, 1.82) is 0 Å². The van der Waals surface area contributed by atoms with Gasteiger partial charge in [-0.3, -0.25) is 19.9 Å². The molecule has 0 spiro atoms. The highest BCUT2D eigenvalue weighted by Gasteiger charge is 2.22. The van der Waals surface area contributed by atoms with Crippen LogP contribution in [0.15, 0.2) is 78.1 Å². The van der Waals surface area contributed by atoms with E-state index in [0.29, 0.717) is 16.5 Å². The third-order valence-corrected chi connectivity index (χ3v) is 5.67. The van der Waals surface area contributed by atoms with Crippen molar-refractivity contribution >= 4 is 32.4 Å². The molecule has 0 atom stereocenters. The summed E-state index contributed by atoms with van der Waals surface area (Å²) in [4.78, 5) is 26.8. The van der Waals surface area contributed by atoms with Gasteiger partial charge in [0.05, 0.1) is 15.5 Å². The predicted octanol–water partition coefficient (Wildman–Crippen LogP) is 2.45. The largest absolute Gasteiger partial charge is 0.285 e. The fraction of sp³-hybridized carbons (Fsp3) is 0. The van der Waals surface area contributed by atoms with Crippen LogP contribution in [0, 0.1) is 10.1 Å². The Balaban J connectivity index is 1.62. The fourth-order valence-corrected chi connectivity index (χ4v) is 4.09. The van der Waals surface area contributed by atoms with Gasteiger partial charge in [0.15, 0.2) is 5.69 Å². The van der Waals surface area contributed by atoms with Crippen molar-refractivity contribution in [3.05, 3.63) is 89.0 Å². The van der Waals surface area contributed by atoms with Crippen LogP contribution in [-0.4, -0.2) is 34.0 Å². The molecule has 30 heavy (non-hydrogen) atoms. The van der Waals surface area contributed by atoms with Gasteiger partial charge in [0.25, 0.3) is 21.6 Å². The molecule has 0 aliphatic heterocycles.